The van der Waals surface area contributed by atoms with Gasteiger partial charge >= 0.3 is 0 Å². The molecule has 0 radical (unpaired) electrons. The second-order valence-corrected chi connectivity index (χ2v) is 8.84. The molecule has 1 N–H and O–H groups in total. The van der Waals surface area contributed by atoms with Crippen LogP contribution in [-0.4, -0.2) is 33.7 Å². The number of aryl methyl sites for hydroxylation is 1. The lowest BCUT2D eigenvalue weighted by Gasteiger charge is -2.29. The van der Waals surface area contributed by atoms with Gasteiger partial charge in [-0.2, -0.15) is 0 Å². The van der Waals surface area contributed by atoms with Crippen molar-refractivity contribution in [2.24, 2.45) is 0 Å². The topological polar surface area (TPSA) is 75.7 Å². The van der Waals surface area contributed by atoms with E-state index in [1.165, 1.54) is 17.5 Å². The molecular formula is C19H21ClN2O4S. The Labute approximate surface area is 164 Å². The monoisotopic (exact) mass is 408 g/mol. The van der Waals surface area contributed by atoms with Gasteiger partial charge in [-0.3, -0.25) is 9.10 Å². The highest BCUT2D eigenvalue weighted by atomic mass is 35.5. The van der Waals surface area contributed by atoms with E-state index in [0.29, 0.717) is 40.7 Å². The van der Waals surface area contributed by atoms with E-state index in [2.05, 4.69) is 5.32 Å². The molecule has 3 rings (SSSR count). The normalized spacial score (nSPS) is 16.0. The van der Waals surface area contributed by atoms with Crippen LogP contribution in [0.3, 0.4) is 0 Å². The van der Waals surface area contributed by atoms with Gasteiger partial charge in [0.1, 0.15) is 5.75 Å². The Kier molecular flexibility index (Phi) is 5.62. The van der Waals surface area contributed by atoms with Gasteiger partial charge in [0.2, 0.25) is 10.0 Å². The van der Waals surface area contributed by atoms with E-state index in [0.717, 1.165) is 12.0 Å². The minimum Gasteiger partial charge on any atom is -0.495 e. The van der Waals surface area contributed by atoms with Gasteiger partial charge in [-0.1, -0.05) is 17.7 Å². The van der Waals surface area contributed by atoms with Crippen molar-refractivity contribution in [3.05, 3.63) is 52.5 Å². The average Bonchev–Trinajstić information content (AvgIpc) is 2.62. The predicted octanol–water partition coefficient (Wildman–Crippen LogP) is 3.84. The Balaban J connectivity index is 1.92. The minimum absolute atomic E-state index is 0.0836. The Morgan fingerprint density at radius 2 is 1.96 bits per heavy atom. The van der Waals surface area contributed by atoms with Crippen molar-refractivity contribution in [3.8, 4) is 5.75 Å². The van der Waals surface area contributed by atoms with E-state index in [-0.39, 0.29) is 11.7 Å². The summed E-state index contributed by atoms with van der Waals surface area (Å²) in [5, 5.41) is 3.11. The Morgan fingerprint density at radius 1 is 1.19 bits per heavy atom. The van der Waals surface area contributed by atoms with E-state index in [1.54, 1.807) is 18.2 Å². The number of hydrogen-bond acceptors (Lipinski definition) is 4. The van der Waals surface area contributed by atoms with E-state index in [9.17, 15) is 13.2 Å². The van der Waals surface area contributed by atoms with Crippen LogP contribution >= 0.6 is 11.6 Å². The number of methoxy groups -OCH3 is 1. The summed E-state index contributed by atoms with van der Waals surface area (Å²) in [6.07, 6.45) is 1.39. The first-order valence-corrected chi connectivity index (χ1v) is 10.6. The first-order valence-electron chi connectivity index (χ1n) is 8.58. The van der Waals surface area contributed by atoms with Crippen molar-refractivity contribution in [2.75, 3.05) is 29.0 Å². The maximum Gasteiger partial charge on any atom is 0.255 e. The fraction of sp³-hybridized carbons (Fsp3) is 0.316. The molecule has 6 nitrogen and oxygen atoms in total. The smallest absolute Gasteiger partial charge is 0.255 e. The van der Waals surface area contributed by atoms with E-state index < -0.39 is 10.0 Å². The molecule has 0 aromatic heterocycles. The summed E-state index contributed by atoms with van der Waals surface area (Å²) >= 11 is 6.23. The third kappa shape index (κ3) is 4.20. The van der Waals surface area contributed by atoms with Crippen LogP contribution < -0.4 is 14.4 Å². The summed E-state index contributed by atoms with van der Waals surface area (Å²) in [6, 6.07) is 10.1. The molecule has 2 aromatic rings. The second-order valence-electron chi connectivity index (χ2n) is 6.42. The number of nitrogens with one attached hydrogen (secondary N) is 1. The summed E-state index contributed by atoms with van der Waals surface area (Å²) in [5.74, 6) is 0.258. The third-order valence-electron chi connectivity index (χ3n) is 4.43. The van der Waals surface area contributed by atoms with Crippen LogP contribution in [-0.2, 0) is 10.0 Å². The quantitative estimate of drug-likeness (QED) is 0.833. The zero-order chi connectivity index (χ0) is 19.6. The number of rotatable bonds is 4. The molecule has 2 aromatic carbocycles. The van der Waals surface area contributed by atoms with Crippen molar-refractivity contribution < 1.29 is 17.9 Å². The maximum absolute atomic E-state index is 12.7. The number of carbonyl (C=O) groups excluding carboxylic acids is 1. The van der Waals surface area contributed by atoms with Gasteiger partial charge in [0.05, 0.1) is 29.3 Å². The van der Waals surface area contributed by atoms with Gasteiger partial charge in [-0.05, 0) is 55.7 Å². The summed E-state index contributed by atoms with van der Waals surface area (Å²) in [7, 11) is -1.89. The van der Waals surface area contributed by atoms with E-state index >= 15 is 0 Å². The molecule has 1 fully saturated rings. The standard InChI is InChI=1S/C19H21ClN2O4S/c1-13-5-8-18(26-2)16(11-13)21-19(23)14-6-7-15(20)17(12-14)22-9-3-4-10-27(22,24)25/h5-8,11-12H,3-4,9-10H2,1-2H3,(H,21,23). The Morgan fingerprint density at radius 3 is 2.67 bits per heavy atom. The highest BCUT2D eigenvalue weighted by Gasteiger charge is 2.28. The molecule has 1 amide bonds. The third-order valence-corrected chi connectivity index (χ3v) is 6.60. The van der Waals surface area contributed by atoms with Crippen molar-refractivity contribution >= 4 is 38.9 Å². The van der Waals surface area contributed by atoms with Crippen LogP contribution in [0.4, 0.5) is 11.4 Å². The molecule has 8 heteroatoms. The van der Waals surface area contributed by atoms with Crippen LogP contribution in [0.25, 0.3) is 0 Å². The molecule has 0 saturated carbocycles. The summed E-state index contributed by atoms with van der Waals surface area (Å²) < 4.78 is 31.3. The van der Waals surface area contributed by atoms with Crippen molar-refractivity contribution in [1.29, 1.82) is 0 Å². The zero-order valence-electron chi connectivity index (χ0n) is 15.2. The predicted molar refractivity (Wildman–Crippen MR) is 108 cm³/mol. The van der Waals surface area contributed by atoms with Crippen molar-refractivity contribution in [1.82, 2.24) is 0 Å². The first kappa shape index (κ1) is 19.5. The lowest BCUT2D eigenvalue weighted by molar-refractivity contribution is 0.102. The van der Waals surface area contributed by atoms with Gasteiger partial charge < -0.3 is 10.1 Å². The maximum atomic E-state index is 12.7. The SMILES string of the molecule is COc1ccc(C)cc1NC(=O)c1ccc(Cl)c(N2CCCCS2(=O)=O)c1. The molecule has 0 atom stereocenters. The number of hydrogen-bond donors (Lipinski definition) is 1. The Hall–Kier alpha value is -2.25. The molecule has 0 aliphatic carbocycles. The molecule has 1 saturated heterocycles. The number of amides is 1. The number of halogens is 1. The number of anilines is 2. The number of nitrogens with zero attached hydrogens (tertiary/aromatic N) is 1. The number of ether oxygens (including phenoxy) is 1. The van der Waals surface area contributed by atoms with Gasteiger partial charge in [-0.15, -0.1) is 0 Å². The summed E-state index contributed by atoms with van der Waals surface area (Å²) in [4.78, 5) is 12.7. The molecule has 0 bridgehead atoms. The van der Waals surface area contributed by atoms with Crippen LogP contribution in [0.1, 0.15) is 28.8 Å². The van der Waals surface area contributed by atoms with Crippen molar-refractivity contribution in [3.63, 3.8) is 0 Å². The van der Waals surface area contributed by atoms with Crippen LogP contribution in [0.15, 0.2) is 36.4 Å². The van der Waals surface area contributed by atoms with Crippen molar-refractivity contribution in [2.45, 2.75) is 19.8 Å². The zero-order valence-corrected chi connectivity index (χ0v) is 16.7. The number of benzene rings is 2. The molecule has 144 valence electrons. The van der Waals surface area contributed by atoms with E-state index in [1.807, 2.05) is 19.1 Å². The molecule has 1 aliphatic heterocycles. The van der Waals surface area contributed by atoms with Crippen LogP contribution in [0, 0.1) is 6.92 Å². The molecule has 27 heavy (non-hydrogen) atoms. The molecule has 1 heterocycles. The van der Waals surface area contributed by atoms with Gasteiger partial charge in [0.15, 0.2) is 0 Å². The van der Waals surface area contributed by atoms with Gasteiger partial charge in [-0.25, -0.2) is 8.42 Å². The molecular weight excluding hydrogens is 388 g/mol. The minimum atomic E-state index is -3.42. The fourth-order valence-electron chi connectivity index (χ4n) is 3.02. The summed E-state index contributed by atoms with van der Waals surface area (Å²) in [5.41, 5.74) is 2.17. The molecule has 1 aliphatic rings. The first-order chi connectivity index (χ1) is 12.8. The summed E-state index contributed by atoms with van der Waals surface area (Å²) in [6.45, 7) is 2.27. The van der Waals surface area contributed by atoms with E-state index in [4.69, 9.17) is 16.3 Å². The molecule has 0 unspecified atom stereocenters. The molecule has 0 spiro atoms. The average molecular weight is 409 g/mol. The highest BCUT2D eigenvalue weighted by Crippen LogP contribution is 2.32. The Bertz CT molecular complexity index is 976. The highest BCUT2D eigenvalue weighted by molar-refractivity contribution is 7.92. The fourth-order valence-corrected chi connectivity index (χ4v) is 4.94. The van der Waals surface area contributed by atoms with Gasteiger partial charge in [0, 0.05) is 12.1 Å². The number of carbonyl (C=O) groups is 1. The van der Waals surface area contributed by atoms with Crippen LogP contribution in [0.2, 0.25) is 5.02 Å². The second kappa shape index (κ2) is 7.78. The van der Waals surface area contributed by atoms with Gasteiger partial charge in [0.25, 0.3) is 5.91 Å². The lowest BCUT2D eigenvalue weighted by Crippen LogP contribution is -2.38. The van der Waals surface area contributed by atoms with Crippen LogP contribution in [0.5, 0.6) is 5.75 Å². The number of sulfonamides is 1. The largest absolute Gasteiger partial charge is 0.495 e. The lowest BCUT2D eigenvalue weighted by atomic mass is 10.1.